The lowest BCUT2D eigenvalue weighted by molar-refractivity contribution is -0.123. The summed E-state index contributed by atoms with van der Waals surface area (Å²) in [7, 11) is 0. The Balaban J connectivity index is 1.84. The lowest BCUT2D eigenvalue weighted by atomic mass is 10.2. The van der Waals surface area contributed by atoms with E-state index in [4.69, 9.17) is 32.7 Å². The molecule has 0 aliphatic heterocycles. The van der Waals surface area contributed by atoms with E-state index < -0.39 is 11.8 Å². The number of halogens is 2. The summed E-state index contributed by atoms with van der Waals surface area (Å²) in [6.45, 7) is 3.63. The molecule has 0 saturated carbocycles. The summed E-state index contributed by atoms with van der Waals surface area (Å²) in [5.41, 5.74) is 4.96. The lowest BCUT2D eigenvalue weighted by Gasteiger charge is -2.13. The van der Waals surface area contributed by atoms with Crippen LogP contribution in [0.2, 0.25) is 10.0 Å². The summed E-state index contributed by atoms with van der Waals surface area (Å²) in [5.74, 6) is -0.106. The molecule has 144 valence electrons. The monoisotopic (exact) mass is 410 g/mol. The molecule has 2 aromatic rings. The number of amides is 2. The quantitative estimate of drug-likeness (QED) is 0.675. The van der Waals surface area contributed by atoms with E-state index in [1.165, 1.54) is 6.07 Å². The number of rotatable bonds is 7. The largest absolute Gasteiger partial charge is 0.491 e. The van der Waals surface area contributed by atoms with Crippen LogP contribution < -0.4 is 20.3 Å². The molecule has 0 aromatic heterocycles. The molecule has 1 atom stereocenters. The lowest BCUT2D eigenvalue weighted by Crippen LogP contribution is -2.43. The first-order valence-corrected chi connectivity index (χ1v) is 9.08. The third kappa shape index (κ3) is 6.66. The molecule has 2 aromatic carbocycles. The molecule has 6 nitrogen and oxygen atoms in total. The van der Waals surface area contributed by atoms with E-state index in [0.717, 1.165) is 6.42 Å². The van der Waals surface area contributed by atoms with Crippen LogP contribution in [-0.4, -0.2) is 24.5 Å². The van der Waals surface area contributed by atoms with Crippen LogP contribution in [0.3, 0.4) is 0 Å². The fourth-order valence-corrected chi connectivity index (χ4v) is 2.46. The smallest absolute Gasteiger partial charge is 0.276 e. The SMILES string of the molecule is CCC(C)Oc1cccc(C(=O)NNC(=O)COc2ccc(Cl)cc2Cl)c1. The van der Waals surface area contributed by atoms with Crippen LogP contribution in [0.15, 0.2) is 42.5 Å². The van der Waals surface area contributed by atoms with Crippen LogP contribution in [0.25, 0.3) is 0 Å². The third-order valence-corrected chi connectivity index (χ3v) is 4.11. The Hall–Kier alpha value is -2.44. The average Bonchev–Trinajstić information content (AvgIpc) is 2.65. The van der Waals surface area contributed by atoms with E-state index in [9.17, 15) is 9.59 Å². The van der Waals surface area contributed by atoms with Crippen molar-refractivity contribution in [2.24, 2.45) is 0 Å². The molecule has 0 fully saturated rings. The molecule has 2 rings (SSSR count). The Morgan fingerprint density at radius 3 is 2.59 bits per heavy atom. The Kier molecular flexibility index (Phi) is 7.76. The Morgan fingerprint density at radius 1 is 1.11 bits per heavy atom. The van der Waals surface area contributed by atoms with Gasteiger partial charge in [0, 0.05) is 10.6 Å². The van der Waals surface area contributed by atoms with Crippen molar-refractivity contribution in [2.75, 3.05) is 6.61 Å². The van der Waals surface area contributed by atoms with Crippen LogP contribution >= 0.6 is 23.2 Å². The topological polar surface area (TPSA) is 76.7 Å². The molecular weight excluding hydrogens is 391 g/mol. The third-order valence-electron chi connectivity index (χ3n) is 3.58. The van der Waals surface area contributed by atoms with E-state index >= 15 is 0 Å². The Morgan fingerprint density at radius 2 is 1.89 bits per heavy atom. The first kappa shape index (κ1) is 20.9. The Labute approximate surface area is 167 Å². The number of hydrogen-bond acceptors (Lipinski definition) is 4. The second kappa shape index (κ2) is 10.0. The molecule has 0 spiro atoms. The summed E-state index contributed by atoms with van der Waals surface area (Å²) in [4.78, 5) is 24.0. The van der Waals surface area contributed by atoms with Crippen LogP contribution in [0.5, 0.6) is 11.5 Å². The highest BCUT2D eigenvalue weighted by Gasteiger charge is 2.11. The van der Waals surface area contributed by atoms with Crippen molar-refractivity contribution in [3.8, 4) is 11.5 Å². The van der Waals surface area contributed by atoms with Gasteiger partial charge in [0.2, 0.25) is 0 Å². The van der Waals surface area contributed by atoms with E-state index in [0.29, 0.717) is 22.1 Å². The summed E-state index contributed by atoms with van der Waals surface area (Å²) in [6, 6.07) is 11.4. The van der Waals surface area contributed by atoms with Gasteiger partial charge in [0.1, 0.15) is 11.5 Å². The molecule has 0 radical (unpaired) electrons. The number of carbonyl (C=O) groups is 2. The molecule has 0 bridgehead atoms. The van der Waals surface area contributed by atoms with Gasteiger partial charge < -0.3 is 9.47 Å². The maximum absolute atomic E-state index is 12.2. The van der Waals surface area contributed by atoms with Gasteiger partial charge in [-0.05, 0) is 49.7 Å². The predicted molar refractivity (Wildman–Crippen MR) is 104 cm³/mol. The van der Waals surface area contributed by atoms with E-state index in [2.05, 4.69) is 10.9 Å². The number of carbonyl (C=O) groups excluding carboxylic acids is 2. The van der Waals surface area contributed by atoms with Crippen molar-refractivity contribution in [3.63, 3.8) is 0 Å². The second-order valence-electron chi connectivity index (χ2n) is 5.73. The molecule has 1 unspecified atom stereocenters. The van der Waals surface area contributed by atoms with Gasteiger partial charge in [0.15, 0.2) is 6.61 Å². The normalized spacial score (nSPS) is 11.4. The van der Waals surface area contributed by atoms with Gasteiger partial charge in [0.05, 0.1) is 11.1 Å². The standard InChI is InChI=1S/C19H20Cl2N2O4/c1-3-12(2)27-15-6-4-5-13(9-15)19(25)23-22-18(24)11-26-17-8-7-14(20)10-16(17)21/h4-10,12H,3,11H2,1-2H3,(H,22,24)(H,23,25). The maximum atomic E-state index is 12.2. The number of nitrogens with one attached hydrogen (secondary N) is 2. The maximum Gasteiger partial charge on any atom is 0.276 e. The minimum Gasteiger partial charge on any atom is -0.491 e. The first-order valence-electron chi connectivity index (χ1n) is 8.32. The van der Waals surface area contributed by atoms with Gasteiger partial charge in [-0.25, -0.2) is 0 Å². The zero-order valence-electron chi connectivity index (χ0n) is 14.9. The van der Waals surface area contributed by atoms with Crippen LogP contribution in [0.1, 0.15) is 30.6 Å². The summed E-state index contributed by atoms with van der Waals surface area (Å²) >= 11 is 11.8. The van der Waals surface area contributed by atoms with Gasteiger partial charge in [-0.2, -0.15) is 0 Å². The highest BCUT2D eigenvalue weighted by atomic mass is 35.5. The molecule has 27 heavy (non-hydrogen) atoms. The van der Waals surface area contributed by atoms with Gasteiger partial charge >= 0.3 is 0 Å². The van der Waals surface area contributed by atoms with Gasteiger partial charge in [-0.1, -0.05) is 36.2 Å². The van der Waals surface area contributed by atoms with Crippen molar-refractivity contribution in [2.45, 2.75) is 26.4 Å². The number of benzene rings is 2. The zero-order chi connectivity index (χ0) is 19.8. The summed E-state index contributed by atoms with van der Waals surface area (Å²) in [5, 5.41) is 0.751. The molecular formula is C19H20Cl2N2O4. The van der Waals surface area contributed by atoms with Crippen molar-refractivity contribution in [1.82, 2.24) is 10.9 Å². The van der Waals surface area contributed by atoms with Crippen molar-refractivity contribution in [1.29, 1.82) is 0 Å². The number of hydrazine groups is 1. The highest BCUT2D eigenvalue weighted by Crippen LogP contribution is 2.27. The van der Waals surface area contributed by atoms with Crippen LogP contribution in [0.4, 0.5) is 0 Å². The minimum atomic E-state index is -0.540. The first-order chi connectivity index (χ1) is 12.9. The molecule has 2 N–H and O–H groups in total. The molecule has 0 aliphatic rings. The average molecular weight is 411 g/mol. The molecule has 2 amide bonds. The fraction of sp³-hybridized carbons (Fsp3) is 0.263. The molecule has 0 heterocycles. The van der Waals surface area contributed by atoms with Crippen molar-refractivity contribution in [3.05, 3.63) is 58.1 Å². The van der Waals surface area contributed by atoms with E-state index in [-0.39, 0.29) is 17.7 Å². The minimum absolute atomic E-state index is 0.0415. The predicted octanol–water partition coefficient (Wildman–Crippen LogP) is 4.01. The number of ether oxygens (including phenoxy) is 2. The summed E-state index contributed by atoms with van der Waals surface area (Å²) in [6.07, 6.45) is 0.893. The molecule has 0 saturated heterocycles. The van der Waals surface area contributed by atoms with Crippen LogP contribution in [-0.2, 0) is 4.79 Å². The Bertz CT molecular complexity index is 814. The van der Waals surface area contributed by atoms with Crippen molar-refractivity contribution >= 4 is 35.0 Å². The van der Waals surface area contributed by atoms with Gasteiger partial charge in [-0.15, -0.1) is 0 Å². The molecule has 0 aliphatic carbocycles. The van der Waals surface area contributed by atoms with E-state index in [1.807, 2.05) is 13.8 Å². The van der Waals surface area contributed by atoms with Gasteiger partial charge in [0.25, 0.3) is 11.8 Å². The van der Waals surface area contributed by atoms with Crippen LogP contribution in [0, 0.1) is 0 Å². The second-order valence-corrected chi connectivity index (χ2v) is 6.57. The highest BCUT2D eigenvalue weighted by molar-refractivity contribution is 6.35. The molecule has 8 heteroatoms. The van der Waals surface area contributed by atoms with Crippen molar-refractivity contribution < 1.29 is 19.1 Å². The van der Waals surface area contributed by atoms with E-state index in [1.54, 1.807) is 36.4 Å². The zero-order valence-corrected chi connectivity index (χ0v) is 16.4. The van der Waals surface area contributed by atoms with Gasteiger partial charge in [-0.3, -0.25) is 20.4 Å². The summed E-state index contributed by atoms with van der Waals surface area (Å²) < 4.78 is 11.0. The fourth-order valence-electron chi connectivity index (χ4n) is 2.00. The number of hydrogen-bond donors (Lipinski definition) is 2.